The Morgan fingerprint density at radius 1 is 1.24 bits per heavy atom. The average molecular weight is 286 g/mol. The van der Waals surface area contributed by atoms with E-state index in [4.69, 9.17) is 4.74 Å². The van der Waals surface area contributed by atoms with Crippen LogP contribution in [0.3, 0.4) is 0 Å². The second kappa shape index (κ2) is 7.09. The highest BCUT2D eigenvalue weighted by Crippen LogP contribution is 2.34. The first-order valence-electron chi connectivity index (χ1n) is 7.08. The molecule has 1 N–H and O–H groups in total. The molecular formula is C17H22N2O2. The SMILES string of the molecule is COc1cccc(N(C)CCc2ccncc2)c1[C@@H](C)O. The van der Waals surface area contributed by atoms with Gasteiger partial charge in [0.2, 0.25) is 0 Å². The summed E-state index contributed by atoms with van der Waals surface area (Å²) in [5, 5.41) is 10.0. The summed E-state index contributed by atoms with van der Waals surface area (Å²) < 4.78 is 5.37. The molecule has 0 bridgehead atoms. The number of benzene rings is 1. The third kappa shape index (κ3) is 3.73. The lowest BCUT2D eigenvalue weighted by atomic mass is 10.1. The zero-order valence-corrected chi connectivity index (χ0v) is 12.8. The Balaban J connectivity index is 2.17. The van der Waals surface area contributed by atoms with E-state index in [1.165, 1.54) is 5.56 Å². The van der Waals surface area contributed by atoms with Gasteiger partial charge in [0.05, 0.1) is 13.2 Å². The lowest BCUT2D eigenvalue weighted by Crippen LogP contribution is -2.22. The lowest BCUT2D eigenvalue weighted by molar-refractivity contribution is 0.194. The number of pyridine rings is 1. The van der Waals surface area contributed by atoms with Crippen LogP contribution in [0.25, 0.3) is 0 Å². The maximum Gasteiger partial charge on any atom is 0.126 e. The van der Waals surface area contributed by atoms with Gasteiger partial charge in [-0.05, 0) is 43.2 Å². The zero-order chi connectivity index (χ0) is 15.2. The Hall–Kier alpha value is -2.07. The predicted octanol–water partition coefficient (Wildman–Crippen LogP) is 2.82. The van der Waals surface area contributed by atoms with Gasteiger partial charge in [-0.1, -0.05) is 6.07 Å². The summed E-state index contributed by atoms with van der Waals surface area (Å²) in [6.07, 6.45) is 3.97. The number of ether oxygens (including phenoxy) is 1. The molecular weight excluding hydrogens is 264 g/mol. The van der Waals surface area contributed by atoms with Crippen molar-refractivity contribution >= 4 is 5.69 Å². The summed E-state index contributed by atoms with van der Waals surface area (Å²) in [5.74, 6) is 0.721. The van der Waals surface area contributed by atoms with Crippen molar-refractivity contribution in [3.8, 4) is 5.75 Å². The van der Waals surface area contributed by atoms with Gasteiger partial charge in [-0.25, -0.2) is 0 Å². The van der Waals surface area contributed by atoms with Crippen LogP contribution in [-0.4, -0.2) is 30.8 Å². The molecule has 112 valence electrons. The minimum absolute atomic E-state index is 0.570. The highest BCUT2D eigenvalue weighted by molar-refractivity contribution is 5.60. The summed E-state index contributed by atoms with van der Waals surface area (Å²) in [4.78, 5) is 6.17. The molecule has 4 nitrogen and oxygen atoms in total. The molecule has 1 aromatic heterocycles. The van der Waals surface area contributed by atoms with Crippen molar-refractivity contribution in [1.82, 2.24) is 4.98 Å². The van der Waals surface area contributed by atoms with Gasteiger partial charge >= 0.3 is 0 Å². The van der Waals surface area contributed by atoms with Crippen molar-refractivity contribution in [2.45, 2.75) is 19.4 Å². The smallest absolute Gasteiger partial charge is 0.126 e. The molecule has 0 saturated heterocycles. The van der Waals surface area contributed by atoms with Gasteiger partial charge in [0, 0.05) is 37.2 Å². The molecule has 0 spiro atoms. The Labute approximate surface area is 126 Å². The molecule has 0 aliphatic carbocycles. The second-order valence-corrected chi connectivity index (χ2v) is 5.10. The minimum Gasteiger partial charge on any atom is -0.496 e. The minimum atomic E-state index is -0.570. The van der Waals surface area contributed by atoms with Gasteiger partial charge in [-0.2, -0.15) is 0 Å². The van der Waals surface area contributed by atoms with Crippen molar-refractivity contribution < 1.29 is 9.84 Å². The van der Waals surface area contributed by atoms with E-state index in [9.17, 15) is 5.11 Å². The van der Waals surface area contributed by atoms with Crippen LogP contribution in [-0.2, 0) is 6.42 Å². The fourth-order valence-corrected chi connectivity index (χ4v) is 2.43. The van der Waals surface area contributed by atoms with Gasteiger partial charge in [-0.3, -0.25) is 4.98 Å². The molecule has 1 atom stereocenters. The molecule has 4 heteroatoms. The van der Waals surface area contributed by atoms with Crippen LogP contribution >= 0.6 is 0 Å². The molecule has 0 fully saturated rings. The first-order chi connectivity index (χ1) is 10.1. The largest absolute Gasteiger partial charge is 0.496 e. The van der Waals surface area contributed by atoms with Crippen molar-refractivity contribution in [2.75, 3.05) is 25.6 Å². The normalized spacial score (nSPS) is 12.0. The van der Waals surface area contributed by atoms with E-state index >= 15 is 0 Å². The van der Waals surface area contributed by atoms with Crippen LogP contribution in [0.15, 0.2) is 42.7 Å². The number of aromatic nitrogens is 1. The van der Waals surface area contributed by atoms with Gasteiger partial charge < -0.3 is 14.7 Å². The highest BCUT2D eigenvalue weighted by atomic mass is 16.5. The van der Waals surface area contributed by atoms with Gasteiger partial charge in [-0.15, -0.1) is 0 Å². The van der Waals surface area contributed by atoms with E-state index in [1.807, 2.05) is 49.8 Å². The summed E-state index contributed by atoms with van der Waals surface area (Å²) in [5.41, 5.74) is 3.08. The molecule has 21 heavy (non-hydrogen) atoms. The molecule has 2 rings (SSSR count). The molecule has 2 aromatic rings. The number of nitrogens with zero attached hydrogens (tertiary/aromatic N) is 2. The van der Waals surface area contributed by atoms with Gasteiger partial charge in [0.1, 0.15) is 5.75 Å². The Morgan fingerprint density at radius 2 is 1.95 bits per heavy atom. The first-order valence-corrected chi connectivity index (χ1v) is 7.08. The van der Waals surface area contributed by atoms with Crippen molar-refractivity contribution in [3.63, 3.8) is 0 Å². The standard InChI is InChI=1S/C17H22N2O2/c1-13(20)17-15(5-4-6-16(17)21-3)19(2)12-9-14-7-10-18-11-8-14/h4-8,10-11,13,20H,9,12H2,1-3H3/t13-/m1/s1. The number of anilines is 1. The number of hydrogen-bond donors (Lipinski definition) is 1. The van der Waals surface area contributed by atoms with E-state index in [0.29, 0.717) is 0 Å². The van der Waals surface area contributed by atoms with E-state index in [-0.39, 0.29) is 0 Å². The Kier molecular flexibility index (Phi) is 5.17. The first kappa shape index (κ1) is 15.3. The van der Waals surface area contributed by atoms with Crippen molar-refractivity contribution in [3.05, 3.63) is 53.9 Å². The van der Waals surface area contributed by atoms with Gasteiger partial charge in [0.15, 0.2) is 0 Å². The number of rotatable bonds is 6. The number of methoxy groups -OCH3 is 1. The number of likely N-dealkylation sites (N-methyl/N-ethyl adjacent to an activating group) is 1. The number of hydrogen-bond acceptors (Lipinski definition) is 4. The molecule has 1 heterocycles. The monoisotopic (exact) mass is 286 g/mol. The van der Waals surface area contributed by atoms with Crippen LogP contribution < -0.4 is 9.64 Å². The van der Waals surface area contributed by atoms with E-state index in [2.05, 4.69) is 9.88 Å². The summed E-state index contributed by atoms with van der Waals surface area (Å²) in [7, 11) is 3.66. The topological polar surface area (TPSA) is 45.6 Å². The molecule has 0 aliphatic heterocycles. The summed E-state index contributed by atoms with van der Waals surface area (Å²) >= 11 is 0. The molecule has 0 amide bonds. The maximum atomic E-state index is 10.0. The highest BCUT2D eigenvalue weighted by Gasteiger charge is 2.16. The molecule has 0 saturated carbocycles. The summed E-state index contributed by atoms with van der Waals surface area (Å²) in [6, 6.07) is 9.88. The van der Waals surface area contributed by atoms with Crippen LogP contribution in [0.5, 0.6) is 5.75 Å². The average Bonchev–Trinajstić information content (AvgIpc) is 2.52. The Bertz CT molecular complexity index is 570. The van der Waals surface area contributed by atoms with E-state index in [0.717, 1.165) is 30.0 Å². The summed E-state index contributed by atoms with van der Waals surface area (Å²) in [6.45, 7) is 2.62. The molecule has 0 aliphatic rings. The second-order valence-electron chi connectivity index (χ2n) is 5.10. The van der Waals surface area contributed by atoms with Crippen molar-refractivity contribution in [1.29, 1.82) is 0 Å². The van der Waals surface area contributed by atoms with Crippen LogP contribution in [0.2, 0.25) is 0 Å². The molecule has 0 unspecified atom stereocenters. The third-order valence-corrected chi connectivity index (χ3v) is 3.58. The number of aliphatic hydroxyl groups is 1. The van der Waals surface area contributed by atoms with Crippen LogP contribution in [0.4, 0.5) is 5.69 Å². The van der Waals surface area contributed by atoms with E-state index < -0.39 is 6.10 Å². The number of aliphatic hydroxyl groups excluding tert-OH is 1. The van der Waals surface area contributed by atoms with Gasteiger partial charge in [0.25, 0.3) is 0 Å². The van der Waals surface area contributed by atoms with Crippen molar-refractivity contribution in [2.24, 2.45) is 0 Å². The molecule has 0 radical (unpaired) electrons. The third-order valence-electron chi connectivity index (χ3n) is 3.58. The molecule has 1 aromatic carbocycles. The lowest BCUT2D eigenvalue weighted by Gasteiger charge is -2.25. The van der Waals surface area contributed by atoms with Crippen LogP contribution in [0.1, 0.15) is 24.2 Å². The fraction of sp³-hybridized carbons (Fsp3) is 0.353. The predicted molar refractivity (Wildman–Crippen MR) is 84.8 cm³/mol. The fourth-order valence-electron chi connectivity index (χ4n) is 2.43. The Morgan fingerprint density at radius 3 is 2.57 bits per heavy atom. The zero-order valence-electron chi connectivity index (χ0n) is 12.8. The maximum absolute atomic E-state index is 10.0. The quantitative estimate of drug-likeness (QED) is 0.887. The van der Waals surface area contributed by atoms with E-state index in [1.54, 1.807) is 14.0 Å². The van der Waals surface area contributed by atoms with Crippen LogP contribution in [0, 0.1) is 0 Å².